The van der Waals surface area contributed by atoms with Crippen LogP contribution in [0, 0.1) is 6.92 Å². The van der Waals surface area contributed by atoms with Crippen molar-refractivity contribution in [2.24, 2.45) is 0 Å². The molecule has 2 rings (SSSR count). The number of aryl methyl sites for hydroxylation is 1. The molecule has 0 aromatic carbocycles. The third kappa shape index (κ3) is 2.78. The smallest absolute Gasteiger partial charge is 0.275 e. The first-order valence-corrected chi connectivity index (χ1v) is 6.02. The Hall–Kier alpha value is -1.44. The lowest BCUT2D eigenvalue weighted by atomic mass is 10.0. The predicted molar refractivity (Wildman–Crippen MR) is 64.7 cm³/mol. The lowest BCUT2D eigenvalue weighted by molar-refractivity contribution is -0.135. The van der Waals surface area contributed by atoms with Crippen molar-refractivity contribution >= 4 is 5.91 Å². The third-order valence-electron chi connectivity index (χ3n) is 3.30. The summed E-state index contributed by atoms with van der Waals surface area (Å²) >= 11 is 0. The Morgan fingerprint density at radius 3 is 2.89 bits per heavy atom. The summed E-state index contributed by atoms with van der Waals surface area (Å²) in [5.74, 6) is 0.105. The van der Waals surface area contributed by atoms with Gasteiger partial charge < -0.3 is 23.9 Å². The van der Waals surface area contributed by atoms with Crippen molar-refractivity contribution in [3.8, 4) is 0 Å². The lowest BCUT2D eigenvalue weighted by Crippen LogP contribution is -2.56. The van der Waals surface area contributed by atoms with Gasteiger partial charge in [-0.15, -0.1) is 0 Å². The molecular formula is C12H18N2O5. The Kier molecular flexibility index (Phi) is 4.18. The van der Waals surface area contributed by atoms with Crippen LogP contribution in [0.1, 0.15) is 16.4 Å². The van der Waals surface area contributed by atoms with Crippen LogP contribution in [0.3, 0.4) is 0 Å². The van der Waals surface area contributed by atoms with Crippen molar-refractivity contribution in [2.75, 3.05) is 27.4 Å². The molecule has 0 radical (unpaired) electrons. The molecule has 1 N–H and O–H groups in total. The molecule has 1 aliphatic rings. The van der Waals surface area contributed by atoms with E-state index in [-0.39, 0.29) is 18.2 Å². The number of rotatable bonds is 3. The van der Waals surface area contributed by atoms with Crippen molar-refractivity contribution in [3.63, 3.8) is 0 Å². The second kappa shape index (κ2) is 5.68. The van der Waals surface area contributed by atoms with E-state index in [1.54, 1.807) is 14.0 Å². The molecule has 0 unspecified atom stereocenters. The summed E-state index contributed by atoms with van der Waals surface area (Å²) in [6, 6.07) is -0.469. The highest BCUT2D eigenvalue weighted by atomic mass is 16.5. The Bertz CT molecular complexity index is 447. The number of hydrogen-bond donors (Lipinski definition) is 1. The van der Waals surface area contributed by atoms with Gasteiger partial charge in [0.15, 0.2) is 11.6 Å². The number of methoxy groups -OCH3 is 1. The monoisotopic (exact) mass is 270 g/mol. The fraction of sp³-hybridized carbons (Fsp3) is 0.667. The molecule has 0 spiro atoms. The number of nitrogens with zero attached hydrogens (tertiary/aromatic N) is 2. The SMILES string of the molecule is CO[C@@H]1COC[C@@H](N(C)C(=O)c2coc(C)n2)[C@@H]1O. The topological polar surface area (TPSA) is 85.0 Å². The van der Waals surface area contributed by atoms with E-state index in [2.05, 4.69) is 4.98 Å². The van der Waals surface area contributed by atoms with Crippen molar-refractivity contribution in [1.82, 2.24) is 9.88 Å². The normalized spacial score (nSPS) is 27.3. The van der Waals surface area contributed by atoms with Crippen molar-refractivity contribution in [1.29, 1.82) is 0 Å². The minimum absolute atomic E-state index is 0.215. The quantitative estimate of drug-likeness (QED) is 0.820. The average Bonchev–Trinajstić information content (AvgIpc) is 2.84. The second-order valence-electron chi connectivity index (χ2n) is 4.54. The molecule has 1 fully saturated rings. The first-order valence-electron chi connectivity index (χ1n) is 6.02. The molecule has 1 saturated heterocycles. The summed E-state index contributed by atoms with van der Waals surface area (Å²) in [6.45, 7) is 2.25. The van der Waals surface area contributed by atoms with E-state index in [1.165, 1.54) is 18.3 Å². The Balaban J connectivity index is 2.10. The largest absolute Gasteiger partial charge is 0.448 e. The zero-order valence-electron chi connectivity index (χ0n) is 11.2. The number of carbonyl (C=O) groups is 1. The zero-order chi connectivity index (χ0) is 14.0. The maximum atomic E-state index is 12.2. The van der Waals surface area contributed by atoms with Crippen molar-refractivity contribution < 1.29 is 23.8 Å². The molecule has 0 saturated carbocycles. The van der Waals surface area contributed by atoms with E-state index in [0.717, 1.165) is 0 Å². The van der Waals surface area contributed by atoms with Gasteiger partial charge in [0.05, 0.1) is 19.3 Å². The van der Waals surface area contributed by atoms with Crippen LogP contribution in [0.5, 0.6) is 0 Å². The molecular weight excluding hydrogens is 252 g/mol. The van der Waals surface area contributed by atoms with Crippen molar-refractivity contribution in [3.05, 3.63) is 17.8 Å². The maximum Gasteiger partial charge on any atom is 0.275 e. The van der Waals surface area contributed by atoms with Gasteiger partial charge in [-0.2, -0.15) is 0 Å². The number of ether oxygens (including phenoxy) is 2. The molecule has 3 atom stereocenters. The second-order valence-corrected chi connectivity index (χ2v) is 4.54. The summed E-state index contributed by atoms with van der Waals surface area (Å²) in [4.78, 5) is 17.6. The minimum atomic E-state index is -0.791. The van der Waals surface area contributed by atoms with Gasteiger partial charge in [0.2, 0.25) is 0 Å². The molecule has 0 bridgehead atoms. The Morgan fingerprint density at radius 1 is 1.58 bits per heavy atom. The number of aliphatic hydroxyl groups excluding tert-OH is 1. The number of oxazole rings is 1. The van der Waals surface area contributed by atoms with Crippen LogP contribution in [-0.4, -0.2) is 66.5 Å². The van der Waals surface area contributed by atoms with Gasteiger partial charge in [0.1, 0.15) is 18.5 Å². The number of carbonyl (C=O) groups excluding carboxylic acids is 1. The predicted octanol–water partition coefficient (Wildman–Crippen LogP) is -0.170. The highest BCUT2D eigenvalue weighted by Crippen LogP contribution is 2.17. The lowest BCUT2D eigenvalue weighted by Gasteiger charge is -2.38. The van der Waals surface area contributed by atoms with Crippen molar-refractivity contribution in [2.45, 2.75) is 25.2 Å². The zero-order valence-corrected chi connectivity index (χ0v) is 11.2. The minimum Gasteiger partial charge on any atom is -0.448 e. The highest BCUT2D eigenvalue weighted by Gasteiger charge is 2.37. The number of aromatic nitrogens is 1. The van der Waals surface area contributed by atoms with Gasteiger partial charge in [-0.25, -0.2) is 4.98 Å². The van der Waals surface area contributed by atoms with Crippen LogP contribution >= 0.6 is 0 Å². The van der Waals surface area contributed by atoms with Gasteiger partial charge in [-0.05, 0) is 0 Å². The molecule has 1 aliphatic heterocycles. The van der Waals surface area contributed by atoms with Crippen LogP contribution in [-0.2, 0) is 9.47 Å². The Labute approximate surface area is 111 Å². The molecule has 1 aromatic heterocycles. The van der Waals surface area contributed by atoms with Gasteiger partial charge in [-0.1, -0.05) is 0 Å². The highest BCUT2D eigenvalue weighted by molar-refractivity contribution is 5.92. The summed E-state index contributed by atoms with van der Waals surface area (Å²) in [7, 11) is 3.10. The summed E-state index contributed by atoms with van der Waals surface area (Å²) in [5, 5.41) is 10.2. The van der Waals surface area contributed by atoms with Gasteiger partial charge in [-0.3, -0.25) is 4.79 Å². The molecule has 19 heavy (non-hydrogen) atoms. The summed E-state index contributed by atoms with van der Waals surface area (Å²) < 4.78 is 15.5. The van der Waals surface area contributed by atoms with Crippen LogP contribution in [0.4, 0.5) is 0 Å². The Morgan fingerprint density at radius 2 is 2.32 bits per heavy atom. The first kappa shape index (κ1) is 14.0. The van der Waals surface area contributed by atoms with Gasteiger partial charge in [0.25, 0.3) is 5.91 Å². The first-order chi connectivity index (χ1) is 9.04. The van der Waals surface area contributed by atoms with Crippen LogP contribution in [0.25, 0.3) is 0 Å². The van der Waals surface area contributed by atoms with E-state index < -0.39 is 18.2 Å². The molecule has 1 aromatic rings. The molecule has 7 nitrogen and oxygen atoms in total. The van der Waals surface area contributed by atoms with Crippen LogP contribution in [0.2, 0.25) is 0 Å². The molecule has 106 valence electrons. The molecule has 2 heterocycles. The van der Waals surface area contributed by atoms with E-state index >= 15 is 0 Å². The van der Waals surface area contributed by atoms with E-state index in [9.17, 15) is 9.90 Å². The molecule has 1 amide bonds. The van der Waals surface area contributed by atoms with E-state index in [4.69, 9.17) is 13.9 Å². The van der Waals surface area contributed by atoms with Crippen LogP contribution < -0.4 is 0 Å². The standard InChI is InChI=1S/C12H18N2O5/c1-7-13-8(4-19-7)12(16)14(2)9-5-18-6-10(17-3)11(9)15/h4,9-11,15H,5-6H2,1-3H3/t9-,10-,11+/m1/s1. The molecule has 0 aliphatic carbocycles. The number of hydrogen-bond acceptors (Lipinski definition) is 6. The number of aliphatic hydroxyl groups is 1. The fourth-order valence-electron chi connectivity index (χ4n) is 2.09. The van der Waals surface area contributed by atoms with Gasteiger partial charge in [0, 0.05) is 21.1 Å². The van der Waals surface area contributed by atoms with Gasteiger partial charge >= 0.3 is 0 Å². The van der Waals surface area contributed by atoms with E-state index in [1.807, 2.05) is 0 Å². The van der Waals surface area contributed by atoms with E-state index in [0.29, 0.717) is 12.5 Å². The number of amides is 1. The summed E-state index contributed by atoms with van der Waals surface area (Å²) in [5.41, 5.74) is 0.215. The maximum absolute atomic E-state index is 12.2. The summed E-state index contributed by atoms with van der Waals surface area (Å²) in [6.07, 6.45) is 0.0756. The number of likely N-dealkylation sites (N-methyl/N-ethyl adjacent to an activating group) is 1. The van der Waals surface area contributed by atoms with Crippen LogP contribution in [0.15, 0.2) is 10.7 Å². The average molecular weight is 270 g/mol. The fourth-order valence-corrected chi connectivity index (χ4v) is 2.09. The molecule has 7 heteroatoms. The third-order valence-corrected chi connectivity index (χ3v) is 3.30.